The maximum Gasteiger partial charge on any atom is 0.161 e. The van der Waals surface area contributed by atoms with E-state index in [1.54, 1.807) is 13.3 Å². The van der Waals surface area contributed by atoms with Gasteiger partial charge < -0.3 is 14.8 Å². The van der Waals surface area contributed by atoms with Crippen molar-refractivity contribution in [3.8, 4) is 11.5 Å². The number of benzene rings is 1. The minimum absolute atomic E-state index is 0.626. The smallest absolute Gasteiger partial charge is 0.161 e. The van der Waals surface area contributed by atoms with E-state index in [0.717, 1.165) is 29.3 Å². The number of aromatic nitrogens is 2. The highest BCUT2D eigenvalue weighted by Gasteiger charge is 2.05. The van der Waals surface area contributed by atoms with Crippen LogP contribution in [-0.4, -0.2) is 23.9 Å². The number of hydrogen-bond donors (Lipinski definition) is 1. The Hall–Kier alpha value is -2.14. The second-order valence-electron chi connectivity index (χ2n) is 4.24. The van der Waals surface area contributed by atoms with Crippen LogP contribution in [0.5, 0.6) is 11.5 Å². The Morgan fingerprint density at radius 1 is 1.15 bits per heavy atom. The van der Waals surface area contributed by atoms with Gasteiger partial charge in [-0.1, -0.05) is 6.07 Å². The molecule has 0 saturated heterocycles. The molecule has 0 aliphatic heterocycles. The zero-order valence-electron chi connectivity index (χ0n) is 11.8. The molecule has 0 unspecified atom stereocenters. The maximum atomic E-state index is 5.49. The molecule has 1 N–H and O–H groups in total. The van der Waals surface area contributed by atoms with Crippen LogP contribution in [0.25, 0.3) is 0 Å². The van der Waals surface area contributed by atoms with E-state index in [0.29, 0.717) is 13.2 Å². The molecule has 0 aliphatic carbocycles. The number of methoxy groups -OCH3 is 1. The van der Waals surface area contributed by atoms with Crippen LogP contribution < -0.4 is 14.8 Å². The average Bonchev–Trinajstić information content (AvgIpc) is 2.50. The lowest BCUT2D eigenvalue weighted by Crippen LogP contribution is -2.14. The fourth-order valence-corrected chi connectivity index (χ4v) is 1.86. The van der Waals surface area contributed by atoms with Crippen molar-refractivity contribution in [3.05, 3.63) is 47.8 Å². The van der Waals surface area contributed by atoms with Gasteiger partial charge in [0.25, 0.3) is 0 Å². The second kappa shape index (κ2) is 7.45. The third-order valence-corrected chi connectivity index (χ3v) is 2.79. The third-order valence-electron chi connectivity index (χ3n) is 2.79. The second-order valence-corrected chi connectivity index (χ2v) is 4.24. The highest BCUT2D eigenvalue weighted by atomic mass is 16.5. The van der Waals surface area contributed by atoms with Gasteiger partial charge in [0.05, 0.1) is 19.4 Å². The first-order chi connectivity index (χ1) is 9.83. The fraction of sp³-hybridized carbons (Fsp3) is 0.333. The van der Waals surface area contributed by atoms with Gasteiger partial charge in [-0.25, -0.2) is 0 Å². The van der Waals surface area contributed by atoms with Crippen LogP contribution in [0.4, 0.5) is 0 Å². The lowest BCUT2D eigenvalue weighted by molar-refractivity contribution is 0.310. The molecular weight excluding hydrogens is 254 g/mol. The van der Waals surface area contributed by atoms with Gasteiger partial charge in [0.1, 0.15) is 0 Å². The quantitative estimate of drug-likeness (QED) is 0.838. The van der Waals surface area contributed by atoms with Gasteiger partial charge in [-0.3, -0.25) is 0 Å². The van der Waals surface area contributed by atoms with Gasteiger partial charge >= 0.3 is 0 Å². The van der Waals surface area contributed by atoms with Gasteiger partial charge in [-0.2, -0.15) is 10.2 Å². The molecular formula is C15H19N3O2. The molecule has 5 heteroatoms. The first kappa shape index (κ1) is 14.3. The molecule has 0 amide bonds. The van der Waals surface area contributed by atoms with Crippen LogP contribution in [0.2, 0.25) is 0 Å². The van der Waals surface area contributed by atoms with E-state index < -0.39 is 0 Å². The van der Waals surface area contributed by atoms with Gasteiger partial charge in [0.15, 0.2) is 11.5 Å². The molecule has 0 fully saturated rings. The molecule has 0 spiro atoms. The molecule has 0 saturated carbocycles. The summed E-state index contributed by atoms with van der Waals surface area (Å²) in [4.78, 5) is 0. The number of nitrogens with zero attached hydrogens (tertiary/aromatic N) is 2. The summed E-state index contributed by atoms with van der Waals surface area (Å²) in [6.45, 7) is 4.00. The van der Waals surface area contributed by atoms with Crippen LogP contribution in [0, 0.1) is 0 Å². The minimum Gasteiger partial charge on any atom is -0.493 e. The highest BCUT2D eigenvalue weighted by Crippen LogP contribution is 2.27. The molecule has 1 heterocycles. The largest absolute Gasteiger partial charge is 0.493 e. The minimum atomic E-state index is 0.626. The highest BCUT2D eigenvalue weighted by molar-refractivity contribution is 5.42. The topological polar surface area (TPSA) is 56.3 Å². The Morgan fingerprint density at radius 2 is 2.05 bits per heavy atom. The van der Waals surface area contributed by atoms with Crippen molar-refractivity contribution in [2.45, 2.75) is 20.0 Å². The summed E-state index contributed by atoms with van der Waals surface area (Å²) in [7, 11) is 1.65. The number of rotatable bonds is 7. The van der Waals surface area contributed by atoms with E-state index in [1.807, 2.05) is 37.3 Å². The summed E-state index contributed by atoms with van der Waals surface area (Å²) >= 11 is 0. The predicted molar refractivity (Wildman–Crippen MR) is 76.7 cm³/mol. The fourth-order valence-electron chi connectivity index (χ4n) is 1.86. The lowest BCUT2D eigenvalue weighted by Gasteiger charge is -2.11. The first-order valence-electron chi connectivity index (χ1n) is 6.60. The number of hydrogen-bond acceptors (Lipinski definition) is 5. The molecule has 5 nitrogen and oxygen atoms in total. The molecule has 1 aromatic heterocycles. The van der Waals surface area contributed by atoms with Crippen LogP contribution in [0.1, 0.15) is 18.2 Å². The Balaban J connectivity index is 1.93. The standard InChI is InChI=1S/C15H19N3O2/c1-3-20-14-7-6-12(9-15(14)19-2)10-16-11-13-5-4-8-17-18-13/h4-9,16H,3,10-11H2,1-2H3. The SMILES string of the molecule is CCOc1ccc(CNCc2cccnn2)cc1OC. The van der Waals surface area contributed by atoms with Crippen molar-refractivity contribution < 1.29 is 9.47 Å². The Kier molecular flexibility index (Phi) is 5.32. The molecule has 2 aromatic rings. The van der Waals surface area contributed by atoms with Crippen molar-refractivity contribution in [3.63, 3.8) is 0 Å². The molecule has 0 aliphatic rings. The van der Waals surface area contributed by atoms with Gasteiger partial charge in [0, 0.05) is 19.3 Å². The molecule has 0 bridgehead atoms. The van der Waals surface area contributed by atoms with E-state index in [-0.39, 0.29) is 0 Å². The molecule has 1 aromatic carbocycles. The molecule has 0 radical (unpaired) electrons. The summed E-state index contributed by atoms with van der Waals surface area (Å²) in [5, 5.41) is 11.2. The lowest BCUT2D eigenvalue weighted by atomic mass is 10.2. The van der Waals surface area contributed by atoms with E-state index in [1.165, 1.54) is 0 Å². The van der Waals surface area contributed by atoms with Gasteiger partial charge in [-0.05, 0) is 36.8 Å². The molecule has 20 heavy (non-hydrogen) atoms. The van der Waals surface area contributed by atoms with Crippen molar-refractivity contribution >= 4 is 0 Å². The third kappa shape index (κ3) is 3.93. The van der Waals surface area contributed by atoms with Gasteiger partial charge in [-0.15, -0.1) is 0 Å². The monoisotopic (exact) mass is 273 g/mol. The zero-order chi connectivity index (χ0) is 14.2. The summed E-state index contributed by atoms with van der Waals surface area (Å²) in [6.07, 6.45) is 1.67. The van der Waals surface area contributed by atoms with Crippen molar-refractivity contribution in [2.75, 3.05) is 13.7 Å². The van der Waals surface area contributed by atoms with E-state index in [4.69, 9.17) is 9.47 Å². The average molecular weight is 273 g/mol. The van der Waals surface area contributed by atoms with E-state index in [2.05, 4.69) is 15.5 Å². The van der Waals surface area contributed by atoms with E-state index in [9.17, 15) is 0 Å². The summed E-state index contributed by atoms with van der Waals surface area (Å²) in [5.41, 5.74) is 2.06. The van der Waals surface area contributed by atoms with Crippen molar-refractivity contribution in [2.24, 2.45) is 0 Å². The summed E-state index contributed by atoms with van der Waals surface area (Å²) in [6, 6.07) is 9.76. The zero-order valence-corrected chi connectivity index (χ0v) is 11.8. The van der Waals surface area contributed by atoms with Gasteiger partial charge in [0.2, 0.25) is 0 Å². The Labute approximate surface area is 118 Å². The Morgan fingerprint density at radius 3 is 2.75 bits per heavy atom. The van der Waals surface area contributed by atoms with Crippen LogP contribution >= 0.6 is 0 Å². The van der Waals surface area contributed by atoms with Crippen molar-refractivity contribution in [1.29, 1.82) is 0 Å². The van der Waals surface area contributed by atoms with Crippen LogP contribution in [0.15, 0.2) is 36.5 Å². The summed E-state index contributed by atoms with van der Waals surface area (Å²) in [5.74, 6) is 1.53. The number of nitrogens with one attached hydrogen (secondary N) is 1. The number of ether oxygens (including phenoxy) is 2. The van der Waals surface area contributed by atoms with Crippen molar-refractivity contribution in [1.82, 2.24) is 15.5 Å². The molecule has 2 rings (SSSR count). The Bertz CT molecular complexity index is 532. The maximum absolute atomic E-state index is 5.49. The summed E-state index contributed by atoms with van der Waals surface area (Å²) < 4.78 is 10.8. The van der Waals surface area contributed by atoms with Crippen LogP contribution in [0.3, 0.4) is 0 Å². The molecule has 106 valence electrons. The first-order valence-corrected chi connectivity index (χ1v) is 6.60. The predicted octanol–water partition coefficient (Wildman–Crippen LogP) is 2.17. The normalized spacial score (nSPS) is 10.3. The van der Waals surface area contributed by atoms with Crippen LogP contribution in [-0.2, 0) is 13.1 Å². The molecule has 0 atom stereocenters. The van der Waals surface area contributed by atoms with E-state index >= 15 is 0 Å².